The van der Waals surface area contributed by atoms with E-state index in [9.17, 15) is 0 Å². The second-order valence-electron chi connectivity index (χ2n) is 16.0. The van der Waals surface area contributed by atoms with Crippen molar-refractivity contribution in [1.29, 1.82) is 0 Å². The molecule has 57 heavy (non-hydrogen) atoms. The number of benzene rings is 9. The van der Waals surface area contributed by atoms with Gasteiger partial charge in [0.15, 0.2) is 0 Å². The average Bonchev–Trinajstić information content (AvgIpc) is 3.50. The van der Waals surface area contributed by atoms with Crippen molar-refractivity contribution in [2.24, 2.45) is 0 Å². The van der Waals surface area contributed by atoms with E-state index < -0.39 is 8.07 Å². The molecule has 1 aliphatic rings. The quantitative estimate of drug-likeness (QED) is 0.102. The molecule has 0 saturated heterocycles. The molecule has 0 bridgehead atoms. The van der Waals surface area contributed by atoms with Crippen molar-refractivity contribution < 1.29 is 0 Å². The second kappa shape index (κ2) is 12.0. The Labute approximate surface area is 331 Å². The first-order valence-electron chi connectivity index (χ1n) is 19.8. The minimum absolute atomic E-state index is 0.917. The molecule has 3 heteroatoms. The Morgan fingerprint density at radius 1 is 0.351 bits per heavy atom. The molecule has 266 valence electrons. The lowest BCUT2D eigenvalue weighted by Gasteiger charge is -2.21. The topological polar surface area (TPSA) is 25.8 Å². The molecule has 2 aromatic heterocycles. The molecule has 0 radical (unpaired) electrons. The number of fused-ring (bicyclic) bond motifs is 12. The van der Waals surface area contributed by atoms with E-state index in [-0.39, 0.29) is 0 Å². The van der Waals surface area contributed by atoms with Crippen LogP contribution in [0.4, 0.5) is 0 Å². The fourth-order valence-corrected chi connectivity index (χ4v) is 13.0. The van der Waals surface area contributed by atoms with Gasteiger partial charge in [-0.15, -0.1) is 0 Å². The summed E-state index contributed by atoms with van der Waals surface area (Å²) in [6.45, 7) is 5.01. The predicted octanol–water partition coefficient (Wildman–Crippen LogP) is 13.2. The van der Waals surface area contributed by atoms with Crippen LogP contribution < -0.4 is 10.4 Å². The highest BCUT2D eigenvalue weighted by Crippen LogP contribution is 2.48. The number of hydrogen-bond donors (Lipinski definition) is 0. The van der Waals surface area contributed by atoms with Gasteiger partial charge in [-0.3, -0.25) is 0 Å². The molecule has 0 fully saturated rings. The first-order chi connectivity index (χ1) is 28.0. The molecule has 0 atom stereocenters. The number of nitrogens with zero attached hydrogens (tertiary/aromatic N) is 2. The molecule has 0 spiro atoms. The van der Waals surface area contributed by atoms with Crippen molar-refractivity contribution in [3.05, 3.63) is 182 Å². The van der Waals surface area contributed by atoms with Gasteiger partial charge in [-0.2, -0.15) is 0 Å². The monoisotopic (exact) mass is 740 g/mol. The fraction of sp³-hybridized carbons (Fsp3) is 0.0370. The van der Waals surface area contributed by atoms with Gasteiger partial charge in [-0.25, -0.2) is 9.97 Å². The van der Waals surface area contributed by atoms with Crippen LogP contribution in [0.25, 0.3) is 110 Å². The van der Waals surface area contributed by atoms with Gasteiger partial charge in [0.2, 0.25) is 0 Å². The summed E-state index contributed by atoms with van der Waals surface area (Å²) in [7, 11) is -1.84. The molecule has 12 rings (SSSR count). The molecule has 1 aliphatic heterocycles. The van der Waals surface area contributed by atoms with Gasteiger partial charge in [0.05, 0.1) is 22.4 Å². The van der Waals surface area contributed by atoms with Crippen LogP contribution in [0.1, 0.15) is 0 Å². The average molecular weight is 741 g/mol. The normalized spacial score (nSPS) is 13.2. The molecule has 0 saturated carbocycles. The summed E-state index contributed by atoms with van der Waals surface area (Å²) < 4.78 is 0. The highest BCUT2D eigenvalue weighted by molar-refractivity contribution is 7.04. The largest absolute Gasteiger partial charge is 0.245 e. The Hall–Kier alpha value is -6.94. The van der Waals surface area contributed by atoms with E-state index in [4.69, 9.17) is 9.97 Å². The maximum absolute atomic E-state index is 5.51. The summed E-state index contributed by atoms with van der Waals surface area (Å²) in [6.07, 6.45) is 0. The van der Waals surface area contributed by atoms with E-state index in [2.05, 4.69) is 189 Å². The number of rotatable bonds is 3. The van der Waals surface area contributed by atoms with Crippen LogP contribution in [0.5, 0.6) is 0 Å². The summed E-state index contributed by atoms with van der Waals surface area (Å²) in [5, 5.41) is 15.3. The molecular formula is C54H36N2Si. The maximum atomic E-state index is 5.51. The molecule has 0 aliphatic carbocycles. The van der Waals surface area contributed by atoms with Gasteiger partial charge in [0, 0.05) is 21.9 Å². The van der Waals surface area contributed by atoms with E-state index in [1.807, 2.05) is 6.07 Å². The highest BCUT2D eigenvalue weighted by atomic mass is 28.3. The summed E-state index contributed by atoms with van der Waals surface area (Å²) in [5.41, 5.74) is 11.4. The summed E-state index contributed by atoms with van der Waals surface area (Å²) >= 11 is 0. The van der Waals surface area contributed by atoms with Crippen LogP contribution in [-0.2, 0) is 0 Å². The third kappa shape index (κ3) is 4.64. The van der Waals surface area contributed by atoms with Gasteiger partial charge in [0.25, 0.3) is 0 Å². The minimum Gasteiger partial charge on any atom is -0.245 e. The summed E-state index contributed by atoms with van der Waals surface area (Å²) in [4.78, 5) is 10.7. The molecule has 9 aromatic carbocycles. The standard InChI is InChI=1S/C54H36N2Si/c1-57(2)47-23-13-12-22-43(47)52-48(57)31-28-36-32-44(37-16-6-7-17-38(37)49(36)52)50-39-18-8-10-20-41(39)51(42-21-11-9-19-40(42)50)46-30-27-35-25-24-34-26-29-45(33-14-4-3-5-15-33)55-53(34)54(35)56-46/h3-32H,1-2H3. The molecular weight excluding hydrogens is 705 g/mol. The Kier molecular flexibility index (Phi) is 6.82. The zero-order chi connectivity index (χ0) is 37.8. The third-order valence-corrected chi connectivity index (χ3v) is 16.2. The Bertz CT molecular complexity index is 3440. The zero-order valence-electron chi connectivity index (χ0n) is 31.7. The lowest BCUT2D eigenvalue weighted by Crippen LogP contribution is -2.49. The van der Waals surface area contributed by atoms with Gasteiger partial charge in [0.1, 0.15) is 8.07 Å². The highest BCUT2D eigenvalue weighted by Gasteiger charge is 2.38. The Balaban J connectivity index is 1.14. The van der Waals surface area contributed by atoms with Gasteiger partial charge >= 0.3 is 0 Å². The number of hydrogen-bond acceptors (Lipinski definition) is 2. The van der Waals surface area contributed by atoms with Gasteiger partial charge in [-0.1, -0.05) is 177 Å². The Morgan fingerprint density at radius 2 is 0.860 bits per heavy atom. The first-order valence-corrected chi connectivity index (χ1v) is 22.8. The zero-order valence-corrected chi connectivity index (χ0v) is 32.7. The minimum atomic E-state index is -1.84. The van der Waals surface area contributed by atoms with E-state index >= 15 is 0 Å². The van der Waals surface area contributed by atoms with Gasteiger partial charge < -0.3 is 0 Å². The molecule has 0 unspecified atom stereocenters. The van der Waals surface area contributed by atoms with Crippen molar-refractivity contribution in [3.8, 4) is 44.8 Å². The van der Waals surface area contributed by atoms with Crippen molar-refractivity contribution in [2.75, 3.05) is 0 Å². The fourth-order valence-electron chi connectivity index (χ4n) is 9.97. The SMILES string of the molecule is C[Si]1(C)c2ccccc2-c2c1ccc1cc(-c3c4ccccc4c(-c4ccc5ccc6ccc(-c7ccccc7)nc6c5n4)c4ccccc34)c3ccccc3c21. The second-order valence-corrected chi connectivity index (χ2v) is 20.4. The van der Waals surface area contributed by atoms with Crippen LogP contribution in [0.2, 0.25) is 13.1 Å². The predicted molar refractivity (Wildman–Crippen MR) is 246 cm³/mol. The molecule has 0 amide bonds. The summed E-state index contributed by atoms with van der Waals surface area (Å²) in [5.74, 6) is 0. The third-order valence-electron chi connectivity index (χ3n) is 12.6. The van der Waals surface area contributed by atoms with E-state index in [1.165, 1.54) is 75.7 Å². The van der Waals surface area contributed by atoms with Crippen LogP contribution in [0.15, 0.2) is 182 Å². The number of pyridine rings is 2. The maximum Gasteiger partial charge on any atom is 0.113 e. The van der Waals surface area contributed by atoms with E-state index in [0.717, 1.165) is 44.3 Å². The van der Waals surface area contributed by atoms with Crippen molar-refractivity contribution in [3.63, 3.8) is 0 Å². The molecule has 0 N–H and O–H groups in total. The van der Waals surface area contributed by atoms with Crippen LogP contribution in [0.3, 0.4) is 0 Å². The van der Waals surface area contributed by atoms with Crippen molar-refractivity contribution in [2.45, 2.75) is 13.1 Å². The van der Waals surface area contributed by atoms with Gasteiger partial charge in [-0.05, 0) is 93.9 Å². The smallest absolute Gasteiger partial charge is 0.113 e. The van der Waals surface area contributed by atoms with Crippen LogP contribution in [0, 0.1) is 0 Å². The van der Waals surface area contributed by atoms with E-state index in [1.54, 1.807) is 0 Å². The molecule has 2 nitrogen and oxygen atoms in total. The van der Waals surface area contributed by atoms with Crippen LogP contribution in [-0.4, -0.2) is 18.0 Å². The lowest BCUT2D eigenvalue weighted by atomic mass is 9.83. The molecule has 11 aromatic rings. The first kappa shape index (κ1) is 32.3. The summed E-state index contributed by atoms with van der Waals surface area (Å²) in [6, 6.07) is 66.8. The molecule has 3 heterocycles. The van der Waals surface area contributed by atoms with Crippen molar-refractivity contribution >= 4 is 83.3 Å². The lowest BCUT2D eigenvalue weighted by molar-refractivity contribution is 1.37. The van der Waals surface area contributed by atoms with E-state index in [0.29, 0.717) is 0 Å². The Morgan fingerprint density at radius 3 is 1.54 bits per heavy atom. The van der Waals surface area contributed by atoms with Crippen LogP contribution >= 0.6 is 0 Å². The number of aromatic nitrogens is 2. The van der Waals surface area contributed by atoms with Crippen molar-refractivity contribution in [1.82, 2.24) is 9.97 Å².